The van der Waals surface area contributed by atoms with E-state index in [9.17, 15) is 18.0 Å². The summed E-state index contributed by atoms with van der Waals surface area (Å²) in [5.74, 6) is -0.0998. The molecule has 0 spiro atoms. The van der Waals surface area contributed by atoms with Crippen LogP contribution in [0.3, 0.4) is 0 Å². The SMILES string of the molecule is CCC(C)NC(=O)C(CC)N(Cc1cccc(OC)c1)C(=O)CN(c1ccccc1C)S(C)(=O)=O. The smallest absolute Gasteiger partial charge is 0.244 e. The first-order chi connectivity index (χ1) is 16.5. The normalized spacial score (nSPS) is 13.0. The monoisotopic (exact) mass is 503 g/mol. The standard InChI is InChI=1S/C26H37N3O5S/c1-7-20(4)27-26(31)23(8-2)28(17-21-13-11-14-22(16-21)34-5)25(30)18-29(35(6,32)33)24-15-10-9-12-19(24)3/h9-16,20,23H,7-8,17-18H2,1-6H3,(H,27,31). The highest BCUT2D eigenvalue weighted by Crippen LogP contribution is 2.23. The van der Waals surface area contributed by atoms with Crippen LogP contribution < -0.4 is 14.4 Å². The van der Waals surface area contributed by atoms with E-state index < -0.39 is 28.5 Å². The van der Waals surface area contributed by atoms with E-state index in [0.29, 0.717) is 17.9 Å². The van der Waals surface area contributed by atoms with Gasteiger partial charge in [-0.15, -0.1) is 0 Å². The van der Waals surface area contributed by atoms with Crippen molar-refractivity contribution >= 4 is 27.5 Å². The van der Waals surface area contributed by atoms with Crippen molar-refractivity contribution in [1.29, 1.82) is 0 Å². The van der Waals surface area contributed by atoms with E-state index in [4.69, 9.17) is 4.74 Å². The number of aryl methyl sites for hydroxylation is 1. The molecule has 35 heavy (non-hydrogen) atoms. The van der Waals surface area contributed by atoms with E-state index in [-0.39, 0.29) is 18.5 Å². The van der Waals surface area contributed by atoms with E-state index >= 15 is 0 Å². The van der Waals surface area contributed by atoms with E-state index in [1.807, 2.05) is 39.0 Å². The summed E-state index contributed by atoms with van der Waals surface area (Å²) in [5.41, 5.74) is 1.93. The van der Waals surface area contributed by atoms with Crippen LogP contribution >= 0.6 is 0 Å². The Balaban J connectivity index is 2.47. The molecule has 0 aromatic heterocycles. The Hall–Kier alpha value is -3.07. The molecule has 8 nitrogen and oxygen atoms in total. The van der Waals surface area contributed by atoms with Gasteiger partial charge in [-0.05, 0) is 56.0 Å². The Morgan fingerprint density at radius 2 is 1.74 bits per heavy atom. The third-order valence-electron chi connectivity index (χ3n) is 5.94. The second kappa shape index (κ2) is 12.6. The van der Waals surface area contributed by atoms with Crippen molar-refractivity contribution in [2.75, 3.05) is 24.2 Å². The Labute approximate surface area is 209 Å². The number of methoxy groups -OCH3 is 1. The highest BCUT2D eigenvalue weighted by Gasteiger charge is 2.32. The molecule has 2 unspecified atom stereocenters. The molecule has 9 heteroatoms. The van der Waals surface area contributed by atoms with Gasteiger partial charge in [-0.25, -0.2) is 8.42 Å². The number of nitrogens with one attached hydrogen (secondary N) is 1. The van der Waals surface area contributed by atoms with Crippen LogP contribution in [0, 0.1) is 6.92 Å². The number of benzene rings is 2. The number of amides is 2. The lowest BCUT2D eigenvalue weighted by molar-refractivity contribution is -0.140. The number of rotatable bonds is 12. The maximum Gasteiger partial charge on any atom is 0.244 e. The van der Waals surface area contributed by atoms with Crippen molar-refractivity contribution in [1.82, 2.24) is 10.2 Å². The molecule has 0 radical (unpaired) electrons. The zero-order valence-electron chi connectivity index (χ0n) is 21.4. The zero-order chi connectivity index (χ0) is 26.2. The molecule has 2 atom stereocenters. The van der Waals surface area contributed by atoms with E-state index in [1.54, 1.807) is 44.4 Å². The first-order valence-electron chi connectivity index (χ1n) is 11.8. The molecular formula is C26H37N3O5S. The van der Waals surface area contributed by atoms with Gasteiger partial charge in [0.15, 0.2) is 0 Å². The molecule has 0 aliphatic heterocycles. The van der Waals surface area contributed by atoms with Gasteiger partial charge in [0, 0.05) is 12.6 Å². The van der Waals surface area contributed by atoms with Gasteiger partial charge >= 0.3 is 0 Å². The van der Waals surface area contributed by atoms with Crippen LogP contribution in [0.1, 0.15) is 44.7 Å². The van der Waals surface area contributed by atoms with Crippen molar-refractivity contribution in [2.24, 2.45) is 0 Å². The fraction of sp³-hybridized carbons (Fsp3) is 0.462. The summed E-state index contributed by atoms with van der Waals surface area (Å²) in [5, 5.41) is 2.96. The topological polar surface area (TPSA) is 96.0 Å². The van der Waals surface area contributed by atoms with E-state index in [1.165, 1.54) is 4.90 Å². The summed E-state index contributed by atoms with van der Waals surface area (Å²) >= 11 is 0. The lowest BCUT2D eigenvalue weighted by atomic mass is 10.1. The molecule has 0 saturated heterocycles. The fourth-order valence-electron chi connectivity index (χ4n) is 3.77. The van der Waals surface area contributed by atoms with Gasteiger partial charge in [-0.2, -0.15) is 0 Å². The maximum atomic E-state index is 13.7. The highest BCUT2D eigenvalue weighted by molar-refractivity contribution is 7.92. The number of ether oxygens (including phenoxy) is 1. The molecule has 1 N–H and O–H groups in total. The van der Waals surface area contributed by atoms with Crippen LogP contribution in [0.4, 0.5) is 5.69 Å². The summed E-state index contributed by atoms with van der Waals surface area (Å²) in [6.45, 7) is 7.22. The molecule has 0 aliphatic carbocycles. The van der Waals surface area contributed by atoms with Crippen LogP contribution in [0.15, 0.2) is 48.5 Å². The number of para-hydroxylation sites is 1. The Morgan fingerprint density at radius 1 is 1.06 bits per heavy atom. The van der Waals surface area contributed by atoms with Crippen molar-refractivity contribution in [3.63, 3.8) is 0 Å². The minimum Gasteiger partial charge on any atom is -0.497 e. The molecule has 2 rings (SSSR count). The van der Waals surface area contributed by atoms with Crippen LogP contribution in [-0.2, 0) is 26.2 Å². The van der Waals surface area contributed by atoms with Gasteiger partial charge in [-0.1, -0.05) is 44.2 Å². The predicted molar refractivity (Wildman–Crippen MR) is 139 cm³/mol. The van der Waals surface area contributed by atoms with Gasteiger partial charge in [-0.3, -0.25) is 13.9 Å². The molecule has 192 valence electrons. The summed E-state index contributed by atoms with van der Waals surface area (Å²) in [6, 6.07) is 13.4. The predicted octanol–water partition coefficient (Wildman–Crippen LogP) is 3.49. The minimum absolute atomic E-state index is 0.0511. The molecule has 0 bridgehead atoms. The minimum atomic E-state index is -3.76. The number of hydrogen-bond donors (Lipinski definition) is 1. The lowest BCUT2D eigenvalue weighted by Crippen LogP contribution is -2.53. The van der Waals surface area contributed by atoms with Gasteiger partial charge in [0.2, 0.25) is 21.8 Å². The largest absolute Gasteiger partial charge is 0.497 e. The summed E-state index contributed by atoms with van der Waals surface area (Å²) in [4.78, 5) is 28.3. The number of nitrogens with zero attached hydrogens (tertiary/aromatic N) is 2. The molecule has 0 fully saturated rings. The molecule has 2 aromatic rings. The van der Waals surface area contributed by atoms with Crippen molar-refractivity contribution in [3.8, 4) is 5.75 Å². The zero-order valence-corrected chi connectivity index (χ0v) is 22.3. The summed E-state index contributed by atoms with van der Waals surface area (Å²) < 4.78 is 31.8. The molecule has 0 heterocycles. The molecule has 2 amide bonds. The quantitative estimate of drug-likeness (QED) is 0.478. The highest BCUT2D eigenvalue weighted by atomic mass is 32.2. The van der Waals surface area contributed by atoms with Crippen LogP contribution in [0.5, 0.6) is 5.75 Å². The average molecular weight is 504 g/mol. The van der Waals surface area contributed by atoms with Gasteiger partial charge in [0.25, 0.3) is 0 Å². The van der Waals surface area contributed by atoms with Gasteiger partial charge < -0.3 is 15.0 Å². The first kappa shape index (κ1) is 28.2. The molecule has 0 saturated carbocycles. The van der Waals surface area contributed by atoms with Crippen molar-refractivity contribution in [2.45, 2.75) is 59.2 Å². The van der Waals surface area contributed by atoms with Gasteiger partial charge in [0.05, 0.1) is 19.1 Å². The van der Waals surface area contributed by atoms with Crippen molar-refractivity contribution in [3.05, 3.63) is 59.7 Å². The lowest BCUT2D eigenvalue weighted by Gasteiger charge is -2.33. The molecular weight excluding hydrogens is 466 g/mol. The first-order valence-corrected chi connectivity index (χ1v) is 13.6. The fourth-order valence-corrected chi connectivity index (χ4v) is 4.67. The summed E-state index contributed by atoms with van der Waals surface area (Å²) in [7, 11) is -2.20. The number of hydrogen-bond acceptors (Lipinski definition) is 5. The molecule has 2 aromatic carbocycles. The number of carbonyl (C=O) groups is 2. The third-order valence-corrected chi connectivity index (χ3v) is 7.06. The Kier molecular flexibility index (Phi) is 10.1. The van der Waals surface area contributed by atoms with Crippen molar-refractivity contribution < 1.29 is 22.7 Å². The number of anilines is 1. The summed E-state index contributed by atoms with van der Waals surface area (Å²) in [6.07, 6.45) is 2.20. The Morgan fingerprint density at radius 3 is 2.31 bits per heavy atom. The second-order valence-electron chi connectivity index (χ2n) is 8.67. The van der Waals surface area contributed by atoms with E-state index in [0.717, 1.165) is 28.1 Å². The molecule has 0 aliphatic rings. The van der Waals surface area contributed by atoms with Crippen LogP contribution in [0.25, 0.3) is 0 Å². The number of sulfonamides is 1. The van der Waals surface area contributed by atoms with Crippen LogP contribution in [-0.4, -0.2) is 57.1 Å². The average Bonchev–Trinajstić information content (AvgIpc) is 2.82. The Bertz CT molecular complexity index is 1120. The maximum absolute atomic E-state index is 13.7. The number of carbonyl (C=O) groups excluding carboxylic acids is 2. The second-order valence-corrected chi connectivity index (χ2v) is 10.6. The van der Waals surface area contributed by atoms with E-state index in [2.05, 4.69) is 5.32 Å². The third kappa shape index (κ3) is 7.71. The van der Waals surface area contributed by atoms with Gasteiger partial charge in [0.1, 0.15) is 18.3 Å². The van der Waals surface area contributed by atoms with Crippen LogP contribution in [0.2, 0.25) is 0 Å².